The predicted molar refractivity (Wildman–Crippen MR) is 85.2 cm³/mol. The van der Waals surface area contributed by atoms with E-state index in [1.807, 2.05) is 13.2 Å². The van der Waals surface area contributed by atoms with Gasteiger partial charge in [0.2, 0.25) is 10.0 Å². The molecule has 0 heterocycles. The average Bonchev–Trinajstić information content (AvgIpc) is 2.36. The van der Waals surface area contributed by atoms with Crippen molar-refractivity contribution in [1.29, 1.82) is 0 Å². The van der Waals surface area contributed by atoms with E-state index < -0.39 is 10.0 Å². The first-order valence-corrected chi connectivity index (χ1v) is 8.88. The van der Waals surface area contributed by atoms with E-state index in [1.54, 1.807) is 30.8 Å². The molecule has 4 nitrogen and oxygen atoms in total. The van der Waals surface area contributed by atoms with Gasteiger partial charge in [0.25, 0.3) is 0 Å². The van der Waals surface area contributed by atoms with E-state index in [0.29, 0.717) is 17.7 Å². The summed E-state index contributed by atoms with van der Waals surface area (Å²) in [5.74, 6) is 0. The first kappa shape index (κ1) is 16.4. The minimum absolute atomic E-state index is 0.189. The van der Waals surface area contributed by atoms with Gasteiger partial charge in [0.15, 0.2) is 0 Å². The zero-order chi connectivity index (χ0) is 14.6. The number of hydrogen-bond acceptors (Lipinski definition) is 4. The number of nitrogens with two attached hydrogens (primary N) is 1. The van der Waals surface area contributed by atoms with Gasteiger partial charge in [-0.1, -0.05) is 31.3 Å². The van der Waals surface area contributed by atoms with Crippen molar-refractivity contribution in [2.75, 3.05) is 12.8 Å². The van der Waals surface area contributed by atoms with Crippen molar-refractivity contribution >= 4 is 39.0 Å². The number of aryl methyl sites for hydroxylation is 1. The van der Waals surface area contributed by atoms with E-state index in [9.17, 15) is 8.42 Å². The van der Waals surface area contributed by atoms with Crippen LogP contribution in [0.3, 0.4) is 0 Å². The lowest BCUT2D eigenvalue weighted by molar-refractivity contribution is 0.581. The molecule has 1 aromatic rings. The van der Waals surface area contributed by atoms with Crippen molar-refractivity contribution in [2.45, 2.75) is 24.0 Å². The normalized spacial score (nSPS) is 13.2. The fraction of sp³-hybridized carbons (Fsp3) is 0.417. The number of thiocarbonyl (C=S) groups is 1. The van der Waals surface area contributed by atoms with E-state index in [4.69, 9.17) is 18.0 Å². The molecule has 0 aliphatic rings. The molecule has 3 N–H and O–H groups in total. The lowest BCUT2D eigenvalue weighted by Crippen LogP contribution is -2.30. The molecule has 0 aromatic heterocycles. The summed E-state index contributed by atoms with van der Waals surface area (Å²) in [7, 11) is -3.53. The monoisotopic (exact) mass is 318 g/mol. The third-order valence-electron chi connectivity index (χ3n) is 2.73. The lowest BCUT2D eigenvalue weighted by atomic mass is 10.1. The molecular formula is C12H18N2O2S3. The molecular weight excluding hydrogens is 300 g/mol. The summed E-state index contributed by atoms with van der Waals surface area (Å²) < 4.78 is 27.1. The fourth-order valence-electron chi connectivity index (χ4n) is 1.43. The van der Waals surface area contributed by atoms with Crippen molar-refractivity contribution in [3.63, 3.8) is 0 Å². The second-order valence-electron chi connectivity index (χ2n) is 4.24. The molecule has 0 aliphatic carbocycles. The Morgan fingerprint density at radius 1 is 1.53 bits per heavy atom. The van der Waals surface area contributed by atoms with Gasteiger partial charge in [-0.05, 0) is 24.8 Å². The second kappa shape index (κ2) is 6.69. The summed E-state index contributed by atoms with van der Waals surface area (Å²) in [5.41, 5.74) is 6.76. The minimum Gasteiger partial charge on any atom is -0.389 e. The Morgan fingerprint density at radius 3 is 2.68 bits per heavy atom. The van der Waals surface area contributed by atoms with Crippen LogP contribution in [0, 0.1) is 6.92 Å². The van der Waals surface area contributed by atoms with Crippen LogP contribution in [0.1, 0.15) is 18.1 Å². The highest BCUT2D eigenvalue weighted by Gasteiger charge is 2.18. The summed E-state index contributed by atoms with van der Waals surface area (Å²) in [5, 5.41) is 0.217. The van der Waals surface area contributed by atoms with E-state index in [0.717, 1.165) is 0 Å². The topological polar surface area (TPSA) is 72.2 Å². The number of sulfonamides is 1. The summed E-state index contributed by atoms with van der Waals surface area (Å²) in [6.07, 6.45) is 1.94. The van der Waals surface area contributed by atoms with Crippen molar-refractivity contribution in [3.05, 3.63) is 29.3 Å². The van der Waals surface area contributed by atoms with Gasteiger partial charge in [0.05, 0.1) is 4.90 Å². The Balaban J connectivity index is 3.06. The Morgan fingerprint density at radius 2 is 2.16 bits per heavy atom. The third kappa shape index (κ3) is 4.45. The molecule has 1 rings (SSSR count). The van der Waals surface area contributed by atoms with Crippen molar-refractivity contribution in [3.8, 4) is 0 Å². The fourth-order valence-corrected chi connectivity index (χ4v) is 3.31. The zero-order valence-electron chi connectivity index (χ0n) is 11.1. The molecule has 7 heteroatoms. The van der Waals surface area contributed by atoms with E-state index in [1.165, 1.54) is 6.07 Å². The maximum atomic E-state index is 12.2. The minimum atomic E-state index is -3.53. The van der Waals surface area contributed by atoms with Crippen LogP contribution in [0.4, 0.5) is 0 Å². The third-order valence-corrected chi connectivity index (χ3v) is 5.50. The predicted octanol–water partition coefficient (Wildman–Crippen LogP) is 1.66. The van der Waals surface area contributed by atoms with Crippen LogP contribution in [0.25, 0.3) is 0 Å². The van der Waals surface area contributed by atoms with Crippen LogP contribution in [-0.2, 0) is 10.0 Å². The summed E-state index contributed by atoms with van der Waals surface area (Å²) >= 11 is 6.48. The highest BCUT2D eigenvalue weighted by molar-refractivity contribution is 7.99. The number of thioether (sulfide) groups is 1. The van der Waals surface area contributed by atoms with Crippen LogP contribution < -0.4 is 10.5 Å². The molecule has 0 fully saturated rings. The Labute approximate surface area is 124 Å². The maximum Gasteiger partial charge on any atom is 0.240 e. The summed E-state index contributed by atoms with van der Waals surface area (Å²) in [6.45, 7) is 4.10. The summed E-state index contributed by atoms with van der Waals surface area (Å²) in [6, 6.07) is 4.95. The lowest BCUT2D eigenvalue weighted by Gasteiger charge is -2.13. The van der Waals surface area contributed by atoms with Crippen LogP contribution >= 0.6 is 24.0 Å². The van der Waals surface area contributed by atoms with E-state index in [-0.39, 0.29) is 15.1 Å². The Bertz CT molecular complexity index is 570. The van der Waals surface area contributed by atoms with Crippen LogP contribution in [0.5, 0.6) is 0 Å². The Hall–Kier alpha value is -0.630. The molecule has 1 aromatic carbocycles. The smallest absolute Gasteiger partial charge is 0.240 e. The quantitative estimate of drug-likeness (QED) is 0.781. The van der Waals surface area contributed by atoms with Gasteiger partial charge in [0, 0.05) is 17.4 Å². The highest BCUT2D eigenvalue weighted by Crippen LogP contribution is 2.17. The van der Waals surface area contributed by atoms with Crippen molar-refractivity contribution in [1.82, 2.24) is 4.72 Å². The van der Waals surface area contributed by atoms with E-state index >= 15 is 0 Å². The highest BCUT2D eigenvalue weighted by atomic mass is 32.2. The molecule has 0 radical (unpaired) electrons. The average molecular weight is 318 g/mol. The first-order valence-electron chi connectivity index (χ1n) is 5.71. The van der Waals surface area contributed by atoms with Gasteiger partial charge in [-0.15, -0.1) is 0 Å². The largest absolute Gasteiger partial charge is 0.389 e. The number of benzene rings is 1. The zero-order valence-corrected chi connectivity index (χ0v) is 13.6. The molecule has 0 saturated heterocycles. The number of rotatable bonds is 6. The second-order valence-corrected chi connectivity index (χ2v) is 7.69. The SMILES string of the molecule is CSC(C)CNS(=O)(=O)c1cc(C(N)=S)ccc1C. The molecule has 0 amide bonds. The molecule has 0 bridgehead atoms. The first-order chi connectivity index (χ1) is 8.77. The number of nitrogens with one attached hydrogen (secondary N) is 1. The molecule has 1 atom stereocenters. The van der Waals surface area contributed by atoms with Gasteiger partial charge in [-0.3, -0.25) is 0 Å². The Kier molecular flexibility index (Phi) is 5.79. The molecule has 0 saturated carbocycles. The molecule has 0 spiro atoms. The van der Waals surface area contributed by atoms with Crippen molar-refractivity contribution < 1.29 is 8.42 Å². The van der Waals surface area contributed by atoms with Crippen LogP contribution in [0.15, 0.2) is 23.1 Å². The maximum absolute atomic E-state index is 12.2. The van der Waals surface area contributed by atoms with Gasteiger partial charge < -0.3 is 5.73 Å². The molecule has 0 aliphatic heterocycles. The molecule has 19 heavy (non-hydrogen) atoms. The van der Waals surface area contributed by atoms with Crippen LogP contribution in [-0.4, -0.2) is 31.5 Å². The van der Waals surface area contributed by atoms with Gasteiger partial charge in [-0.25, -0.2) is 13.1 Å². The van der Waals surface area contributed by atoms with Gasteiger partial charge in [-0.2, -0.15) is 11.8 Å². The van der Waals surface area contributed by atoms with Gasteiger partial charge in [0.1, 0.15) is 4.99 Å². The molecule has 106 valence electrons. The van der Waals surface area contributed by atoms with Crippen LogP contribution in [0.2, 0.25) is 0 Å². The summed E-state index contributed by atoms with van der Waals surface area (Å²) in [4.78, 5) is 0.417. The standard InChI is InChI=1S/C12H18N2O2S3/c1-8-4-5-10(12(13)17)6-11(8)19(15,16)14-7-9(2)18-3/h4-6,9,14H,7H2,1-3H3,(H2,13,17). The number of hydrogen-bond donors (Lipinski definition) is 2. The molecule has 1 unspecified atom stereocenters. The van der Waals surface area contributed by atoms with E-state index in [2.05, 4.69) is 4.72 Å². The van der Waals surface area contributed by atoms with Crippen molar-refractivity contribution in [2.24, 2.45) is 5.73 Å². The van der Waals surface area contributed by atoms with Gasteiger partial charge >= 0.3 is 0 Å².